The fourth-order valence-corrected chi connectivity index (χ4v) is 4.24. The Morgan fingerprint density at radius 2 is 1.97 bits per heavy atom. The summed E-state index contributed by atoms with van der Waals surface area (Å²) in [6.45, 7) is 2.66. The predicted molar refractivity (Wildman–Crippen MR) is 120 cm³/mol. The van der Waals surface area contributed by atoms with Gasteiger partial charge in [-0.2, -0.15) is 0 Å². The van der Waals surface area contributed by atoms with Gasteiger partial charge in [-0.05, 0) is 55.0 Å². The number of para-hydroxylation sites is 1. The lowest BCUT2D eigenvalue weighted by molar-refractivity contribution is 0.102. The number of nitrogens with zero attached hydrogens (tertiary/aromatic N) is 1. The molecule has 0 saturated heterocycles. The number of thiazole rings is 1. The van der Waals surface area contributed by atoms with E-state index in [1.165, 1.54) is 0 Å². The molecule has 0 spiro atoms. The number of hydrogen-bond donors (Lipinski definition) is 1. The number of benzene rings is 3. The molecule has 0 aliphatic heterocycles. The summed E-state index contributed by atoms with van der Waals surface area (Å²) < 4.78 is 6.71. The van der Waals surface area contributed by atoms with E-state index in [9.17, 15) is 4.79 Å². The molecule has 0 radical (unpaired) electrons. The standard InChI is InChI=1S/C23H19ClN2O2S/c1-2-12-28-17-7-5-6-15(13-17)22(27)25-16-10-11-18(19(24)14-16)23-26-20-8-3-4-9-21(20)29-23/h3-11,13-14H,2,12H2,1H3,(H,25,27). The second kappa shape index (κ2) is 8.64. The van der Waals surface area contributed by atoms with Gasteiger partial charge in [0.2, 0.25) is 0 Å². The molecule has 4 rings (SSSR count). The molecule has 0 saturated carbocycles. The average molecular weight is 423 g/mol. The van der Waals surface area contributed by atoms with E-state index in [1.807, 2.05) is 55.5 Å². The van der Waals surface area contributed by atoms with Crippen molar-refractivity contribution in [2.75, 3.05) is 11.9 Å². The lowest BCUT2D eigenvalue weighted by atomic mass is 10.1. The summed E-state index contributed by atoms with van der Waals surface area (Å²) in [5.74, 6) is 0.472. The number of aromatic nitrogens is 1. The molecule has 1 N–H and O–H groups in total. The molecule has 1 amide bonds. The molecule has 3 aromatic carbocycles. The van der Waals surface area contributed by atoms with E-state index in [0.717, 1.165) is 27.2 Å². The molecule has 4 nitrogen and oxygen atoms in total. The van der Waals surface area contributed by atoms with E-state index in [4.69, 9.17) is 16.3 Å². The van der Waals surface area contributed by atoms with Crippen molar-refractivity contribution < 1.29 is 9.53 Å². The Morgan fingerprint density at radius 3 is 2.76 bits per heavy atom. The minimum Gasteiger partial charge on any atom is -0.494 e. The number of nitrogens with one attached hydrogen (secondary N) is 1. The van der Waals surface area contributed by atoms with E-state index in [1.54, 1.807) is 29.5 Å². The van der Waals surface area contributed by atoms with Gasteiger partial charge in [0.05, 0.1) is 21.8 Å². The number of rotatable bonds is 6. The van der Waals surface area contributed by atoms with Crippen molar-refractivity contribution >= 4 is 44.7 Å². The van der Waals surface area contributed by atoms with Crippen molar-refractivity contribution in [3.63, 3.8) is 0 Å². The van der Waals surface area contributed by atoms with E-state index in [0.29, 0.717) is 28.6 Å². The Labute approximate surface area is 178 Å². The molecule has 1 heterocycles. The van der Waals surface area contributed by atoms with Crippen LogP contribution in [0.25, 0.3) is 20.8 Å². The predicted octanol–water partition coefficient (Wildman–Crippen LogP) is 6.66. The summed E-state index contributed by atoms with van der Waals surface area (Å²) in [7, 11) is 0. The summed E-state index contributed by atoms with van der Waals surface area (Å²) in [4.78, 5) is 17.3. The Bertz CT molecular complexity index is 1140. The van der Waals surface area contributed by atoms with Gasteiger partial charge in [0.25, 0.3) is 5.91 Å². The molecule has 146 valence electrons. The van der Waals surface area contributed by atoms with Crippen molar-refractivity contribution in [3.05, 3.63) is 77.3 Å². The Kier molecular flexibility index (Phi) is 5.79. The zero-order chi connectivity index (χ0) is 20.2. The van der Waals surface area contributed by atoms with Crippen LogP contribution in [0.15, 0.2) is 66.7 Å². The highest BCUT2D eigenvalue weighted by molar-refractivity contribution is 7.21. The van der Waals surface area contributed by atoms with Crippen molar-refractivity contribution in [2.45, 2.75) is 13.3 Å². The second-order valence-corrected chi connectivity index (χ2v) is 7.95. The number of hydrogen-bond acceptors (Lipinski definition) is 4. The quantitative estimate of drug-likeness (QED) is 0.378. The first-order valence-electron chi connectivity index (χ1n) is 9.34. The highest BCUT2D eigenvalue weighted by Crippen LogP contribution is 2.35. The highest BCUT2D eigenvalue weighted by Gasteiger charge is 2.12. The minimum absolute atomic E-state index is 0.212. The zero-order valence-electron chi connectivity index (χ0n) is 15.8. The van der Waals surface area contributed by atoms with Gasteiger partial charge in [-0.25, -0.2) is 4.98 Å². The largest absolute Gasteiger partial charge is 0.494 e. The third-order valence-corrected chi connectivity index (χ3v) is 5.70. The summed E-state index contributed by atoms with van der Waals surface area (Å²) >= 11 is 8.09. The summed E-state index contributed by atoms with van der Waals surface area (Å²) in [6, 6.07) is 20.6. The number of fused-ring (bicyclic) bond motifs is 1. The van der Waals surface area contributed by atoms with E-state index in [-0.39, 0.29) is 5.91 Å². The van der Waals surface area contributed by atoms with Gasteiger partial charge in [0, 0.05) is 16.8 Å². The Balaban J connectivity index is 1.53. The van der Waals surface area contributed by atoms with Crippen molar-refractivity contribution in [2.24, 2.45) is 0 Å². The van der Waals surface area contributed by atoms with Crippen molar-refractivity contribution in [1.29, 1.82) is 0 Å². The van der Waals surface area contributed by atoms with Gasteiger partial charge < -0.3 is 10.1 Å². The number of ether oxygens (including phenoxy) is 1. The first-order valence-corrected chi connectivity index (χ1v) is 10.5. The van der Waals surface area contributed by atoms with Crippen LogP contribution in [0.4, 0.5) is 5.69 Å². The molecule has 4 aromatic rings. The maximum atomic E-state index is 12.6. The Morgan fingerprint density at radius 1 is 1.10 bits per heavy atom. The first kappa shape index (κ1) is 19.4. The monoisotopic (exact) mass is 422 g/mol. The smallest absolute Gasteiger partial charge is 0.255 e. The van der Waals surface area contributed by atoms with E-state index < -0.39 is 0 Å². The average Bonchev–Trinajstić information content (AvgIpc) is 3.16. The number of amides is 1. The summed E-state index contributed by atoms with van der Waals surface area (Å²) in [5, 5.41) is 4.29. The molecule has 1 aromatic heterocycles. The van der Waals surface area contributed by atoms with Gasteiger partial charge in [0.15, 0.2) is 0 Å². The number of carbonyl (C=O) groups excluding carboxylic acids is 1. The van der Waals surface area contributed by atoms with Gasteiger partial charge in [0.1, 0.15) is 10.8 Å². The van der Waals surface area contributed by atoms with Crippen LogP contribution in [-0.4, -0.2) is 17.5 Å². The van der Waals surface area contributed by atoms with Crippen LogP contribution in [0.5, 0.6) is 5.75 Å². The van der Waals surface area contributed by atoms with Crippen LogP contribution >= 0.6 is 22.9 Å². The maximum absolute atomic E-state index is 12.6. The van der Waals surface area contributed by atoms with Crippen molar-refractivity contribution in [1.82, 2.24) is 4.98 Å². The molecular weight excluding hydrogens is 404 g/mol. The van der Waals surface area contributed by atoms with Crippen molar-refractivity contribution in [3.8, 4) is 16.3 Å². The molecule has 0 bridgehead atoms. The molecule has 0 unspecified atom stereocenters. The summed E-state index contributed by atoms with van der Waals surface area (Å²) in [6.07, 6.45) is 0.913. The second-order valence-electron chi connectivity index (χ2n) is 6.51. The van der Waals surface area contributed by atoms with Crippen LogP contribution < -0.4 is 10.1 Å². The third kappa shape index (κ3) is 4.42. The highest BCUT2D eigenvalue weighted by atomic mass is 35.5. The normalized spacial score (nSPS) is 10.8. The Hall–Kier alpha value is -2.89. The third-order valence-electron chi connectivity index (χ3n) is 4.32. The molecule has 29 heavy (non-hydrogen) atoms. The lowest BCUT2D eigenvalue weighted by Crippen LogP contribution is -2.12. The summed E-state index contributed by atoms with van der Waals surface area (Å²) in [5.41, 5.74) is 2.96. The molecule has 0 aliphatic rings. The molecule has 0 fully saturated rings. The maximum Gasteiger partial charge on any atom is 0.255 e. The van der Waals surface area contributed by atoms with Crippen LogP contribution in [0.3, 0.4) is 0 Å². The molecule has 0 atom stereocenters. The van der Waals surface area contributed by atoms with E-state index in [2.05, 4.69) is 10.3 Å². The minimum atomic E-state index is -0.212. The van der Waals surface area contributed by atoms with Crippen LogP contribution in [-0.2, 0) is 0 Å². The van der Waals surface area contributed by atoms with Gasteiger partial charge in [-0.15, -0.1) is 11.3 Å². The fourth-order valence-electron chi connectivity index (χ4n) is 2.90. The zero-order valence-corrected chi connectivity index (χ0v) is 17.4. The molecule has 0 aliphatic carbocycles. The fraction of sp³-hybridized carbons (Fsp3) is 0.130. The van der Waals surface area contributed by atoms with Gasteiger partial charge >= 0.3 is 0 Å². The number of anilines is 1. The van der Waals surface area contributed by atoms with Gasteiger partial charge in [-0.1, -0.05) is 36.7 Å². The van der Waals surface area contributed by atoms with E-state index >= 15 is 0 Å². The number of halogens is 1. The van der Waals surface area contributed by atoms with Crippen LogP contribution in [0.1, 0.15) is 23.7 Å². The lowest BCUT2D eigenvalue weighted by Gasteiger charge is -2.09. The first-order chi connectivity index (χ1) is 14.1. The van der Waals surface area contributed by atoms with Crippen LogP contribution in [0, 0.1) is 0 Å². The molecular formula is C23H19ClN2O2S. The topological polar surface area (TPSA) is 51.2 Å². The van der Waals surface area contributed by atoms with Crippen LogP contribution in [0.2, 0.25) is 5.02 Å². The molecule has 6 heteroatoms. The van der Waals surface area contributed by atoms with Gasteiger partial charge in [-0.3, -0.25) is 4.79 Å². The SMILES string of the molecule is CCCOc1cccc(C(=O)Nc2ccc(-c3nc4ccccc4s3)c(Cl)c2)c1. The number of carbonyl (C=O) groups is 1.